The van der Waals surface area contributed by atoms with Crippen LogP contribution in [0.1, 0.15) is 34.3 Å². The number of hydrogen-bond acceptors (Lipinski definition) is 2. The smallest absolute Gasteiger partial charge is 0.251 e. The number of carbonyl (C=O) groups excluding carboxylic acids is 2. The molecule has 0 radical (unpaired) electrons. The summed E-state index contributed by atoms with van der Waals surface area (Å²) in [7, 11) is 0. The summed E-state index contributed by atoms with van der Waals surface area (Å²) in [6.45, 7) is 1.80. The van der Waals surface area contributed by atoms with Gasteiger partial charge in [0.15, 0.2) is 0 Å². The molecule has 5 nitrogen and oxygen atoms in total. The van der Waals surface area contributed by atoms with Crippen molar-refractivity contribution in [3.8, 4) is 0 Å². The first kappa shape index (κ1) is 20.7. The molecule has 31 heavy (non-hydrogen) atoms. The lowest BCUT2D eigenvalue weighted by atomic mass is 9.90. The number of hydrogen-bond donors (Lipinski definition) is 3. The van der Waals surface area contributed by atoms with Gasteiger partial charge in [-0.3, -0.25) is 9.59 Å². The number of aromatic amines is 1. The van der Waals surface area contributed by atoms with E-state index in [0.29, 0.717) is 22.8 Å². The average molecular weight is 432 g/mol. The molecule has 6 heteroatoms. The molecule has 3 aromatic carbocycles. The maximum atomic E-state index is 12.9. The number of amides is 2. The highest BCUT2D eigenvalue weighted by molar-refractivity contribution is 6.31. The van der Waals surface area contributed by atoms with E-state index in [1.165, 1.54) is 6.92 Å². The van der Waals surface area contributed by atoms with Gasteiger partial charge in [0.05, 0.1) is 0 Å². The number of fused-ring (bicyclic) bond motifs is 1. The van der Waals surface area contributed by atoms with Crippen LogP contribution in [0.2, 0.25) is 5.02 Å². The maximum absolute atomic E-state index is 12.9. The maximum Gasteiger partial charge on any atom is 0.251 e. The first-order valence-corrected chi connectivity index (χ1v) is 10.4. The van der Waals surface area contributed by atoms with Crippen LogP contribution < -0.4 is 10.6 Å². The van der Waals surface area contributed by atoms with E-state index in [1.54, 1.807) is 24.3 Å². The zero-order chi connectivity index (χ0) is 21.8. The Morgan fingerprint density at radius 2 is 1.74 bits per heavy atom. The molecule has 4 rings (SSSR count). The molecule has 1 atom stereocenters. The van der Waals surface area contributed by atoms with E-state index >= 15 is 0 Å². The molecule has 0 bridgehead atoms. The molecule has 0 aliphatic heterocycles. The van der Waals surface area contributed by atoms with Crippen molar-refractivity contribution in [2.75, 3.05) is 11.9 Å². The van der Waals surface area contributed by atoms with Crippen LogP contribution >= 0.6 is 11.6 Å². The largest absolute Gasteiger partial charge is 0.361 e. The van der Waals surface area contributed by atoms with Gasteiger partial charge in [-0.2, -0.15) is 0 Å². The van der Waals surface area contributed by atoms with Gasteiger partial charge >= 0.3 is 0 Å². The minimum absolute atomic E-state index is 0.132. The van der Waals surface area contributed by atoms with Crippen LogP contribution in [0.4, 0.5) is 5.69 Å². The number of halogens is 1. The molecule has 0 aliphatic carbocycles. The number of carbonyl (C=O) groups is 2. The molecule has 0 saturated heterocycles. The zero-order valence-corrected chi connectivity index (χ0v) is 17.7. The van der Waals surface area contributed by atoms with Crippen molar-refractivity contribution < 1.29 is 9.59 Å². The highest BCUT2D eigenvalue weighted by atomic mass is 35.5. The Morgan fingerprint density at radius 3 is 2.55 bits per heavy atom. The minimum Gasteiger partial charge on any atom is -0.361 e. The molecule has 156 valence electrons. The lowest BCUT2D eigenvalue weighted by molar-refractivity contribution is -0.114. The minimum atomic E-state index is -0.218. The summed E-state index contributed by atoms with van der Waals surface area (Å²) in [5, 5.41) is 7.48. The number of rotatable bonds is 6. The summed E-state index contributed by atoms with van der Waals surface area (Å²) in [6.07, 6.45) is 1.97. The van der Waals surface area contributed by atoms with Gasteiger partial charge in [0, 0.05) is 52.8 Å². The third kappa shape index (κ3) is 4.62. The lowest BCUT2D eigenvalue weighted by Gasteiger charge is -2.19. The van der Waals surface area contributed by atoms with Gasteiger partial charge in [0.25, 0.3) is 5.91 Å². The van der Waals surface area contributed by atoms with E-state index in [1.807, 2.05) is 48.7 Å². The van der Waals surface area contributed by atoms with Gasteiger partial charge in [-0.15, -0.1) is 0 Å². The summed E-state index contributed by atoms with van der Waals surface area (Å²) in [5.74, 6) is -0.535. The molecule has 4 aromatic rings. The molecule has 0 aliphatic rings. The van der Waals surface area contributed by atoms with Crippen molar-refractivity contribution in [3.63, 3.8) is 0 Å². The first-order chi connectivity index (χ1) is 15.0. The molecule has 0 saturated carbocycles. The van der Waals surface area contributed by atoms with E-state index in [4.69, 9.17) is 11.6 Å². The number of nitrogens with one attached hydrogen (secondary N) is 3. The van der Waals surface area contributed by atoms with E-state index in [9.17, 15) is 9.59 Å². The summed E-state index contributed by atoms with van der Waals surface area (Å²) in [4.78, 5) is 27.5. The monoisotopic (exact) mass is 431 g/mol. The fourth-order valence-corrected chi connectivity index (χ4v) is 4.03. The van der Waals surface area contributed by atoms with Crippen molar-refractivity contribution in [1.29, 1.82) is 0 Å². The van der Waals surface area contributed by atoms with E-state index in [0.717, 1.165) is 22.0 Å². The van der Waals surface area contributed by atoms with Gasteiger partial charge < -0.3 is 15.6 Å². The number of aromatic nitrogens is 1. The Hall–Kier alpha value is -3.57. The fraction of sp³-hybridized carbons (Fsp3) is 0.120. The summed E-state index contributed by atoms with van der Waals surface area (Å²) >= 11 is 6.53. The first-order valence-electron chi connectivity index (χ1n) is 9.99. The van der Waals surface area contributed by atoms with Crippen LogP contribution in [0.25, 0.3) is 10.9 Å². The van der Waals surface area contributed by atoms with E-state index in [-0.39, 0.29) is 17.7 Å². The van der Waals surface area contributed by atoms with Crippen molar-refractivity contribution in [2.45, 2.75) is 12.8 Å². The zero-order valence-electron chi connectivity index (χ0n) is 17.0. The molecule has 0 spiro atoms. The second kappa shape index (κ2) is 9.06. The van der Waals surface area contributed by atoms with Crippen molar-refractivity contribution in [3.05, 3.63) is 101 Å². The number of benzene rings is 3. The van der Waals surface area contributed by atoms with Crippen LogP contribution in [-0.2, 0) is 4.79 Å². The highest BCUT2D eigenvalue weighted by Crippen LogP contribution is 2.34. The van der Waals surface area contributed by atoms with Crippen LogP contribution in [0.15, 0.2) is 79.0 Å². The molecular weight excluding hydrogens is 410 g/mol. The molecule has 2 amide bonds. The standard InChI is InChI=1S/C25H22ClN3O2/c1-16(30)29-18-8-6-7-17(13-18)25(31)28-15-21(19-9-2-4-11-23(19)26)22-14-27-24-12-5-3-10-20(22)24/h2-14,21,27H,15H2,1H3,(H,28,31)(H,29,30)/t21-/m1/s1. The van der Waals surface area contributed by atoms with Gasteiger partial charge in [-0.25, -0.2) is 0 Å². The highest BCUT2D eigenvalue weighted by Gasteiger charge is 2.21. The number of H-pyrrole nitrogens is 1. The predicted molar refractivity (Wildman–Crippen MR) is 125 cm³/mol. The van der Waals surface area contributed by atoms with Crippen molar-refractivity contribution >= 4 is 40.0 Å². The number of anilines is 1. The van der Waals surface area contributed by atoms with Gasteiger partial charge in [-0.05, 0) is 41.5 Å². The van der Waals surface area contributed by atoms with Crippen molar-refractivity contribution in [2.24, 2.45) is 0 Å². The normalized spacial score (nSPS) is 11.8. The van der Waals surface area contributed by atoms with E-state index < -0.39 is 0 Å². The Morgan fingerprint density at radius 1 is 0.968 bits per heavy atom. The molecule has 1 aromatic heterocycles. The second-order valence-corrected chi connectivity index (χ2v) is 7.74. The third-order valence-corrected chi connectivity index (χ3v) is 5.53. The van der Waals surface area contributed by atoms with Crippen LogP contribution in [0.3, 0.4) is 0 Å². The Bertz CT molecular complexity index is 1250. The van der Waals surface area contributed by atoms with Gasteiger partial charge in [-0.1, -0.05) is 54.1 Å². The van der Waals surface area contributed by atoms with Crippen LogP contribution in [0.5, 0.6) is 0 Å². The summed E-state index contributed by atoms with van der Waals surface area (Å²) in [6, 6.07) is 22.6. The Balaban J connectivity index is 1.62. The predicted octanol–water partition coefficient (Wildman–Crippen LogP) is 5.34. The lowest BCUT2D eigenvalue weighted by Crippen LogP contribution is -2.29. The molecule has 1 heterocycles. The summed E-state index contributed by atoms with van der Waals surface area (Å²) < 4.78 is 0. The van der Waals surface area contributed by atoms with E-state index in [2.05, 4.69) is 21.7 Å². The molecule has 0 unspecified atom stereocenters. The Kier molecular flexibility index (Phi) is 6.05. The summed E-state index contributed by atoms with van der Waals surface area (Å²) in [5.41, 5.74) is 4.10. The fourth-order valence-electron chi connectivity index (χ4n) is 3.77. The van der Waals surface area contributed by atoms with Crippen molar-refractivity contribution in [1.82, 2.24) is 10.3 Å². The van der Waals surface area contributed by atoms with Gasteiger partial charge in [0.2, 0.25) is 5.91 Å². The average Bonchev–Trinajstić information content (AvgIpc) is 3.19. The topological polar surface area (TPSA) is 74.0 Å². The van der Waals surface area contributed by atoms with Crippen LogP contribution in [-0.4, -0.2) is 23.3 Å². The molecule has 3 N–H and O–H groups in total. The SMILES string of the molecule is CC(=O)Nc1cccc(C(=O)NC[C@H](c2ccccc2Cl)c2c[nH]c3ccccc23)c1. The Labute approximate surface area is 185 Å². The number of para-hydroxylation sites is 1. The quantitative estimate of drug-likeness (QED) is 0.385. The molecular formula is C25H22ClN3O2. The third-order valence-electron chi connectivity index (χ3n) is 5.19. The molecule has 0 fully saturated rings. The van der Waals surface area contributed by atoms with Gasteiger partial charge in [0.1, 0.15) is 0 Å². The van der Waals surface area contributed by atoms with Crippen LogP contribution in [0, 0.1) is 0 Å². The second-order valence-electron chi connectivity index (χ2n) is 7.34.